The molecule has 1 rings (SSSR count). The molecule has 0 radical (unpaired) electrons. The van der Waals surface area contributed by atoms with Gasteiger partial charge in [0, 0.05) is 5.38 Å². The number of hydrogen-bond acceptors (Lipinski definition) is 1. The largest absolute Gasteiger partial charge is 0.369 e. The summed E-state index contributed by atoms with van der Waals surface area (Å²) in [4.78, 5) is 10.8. The summed E-state index contributed by atoms with van der Waals surface area (Å²) in [6.07, 6.45) is 3.07. The van der Waals surface area contributed by atoms with Gasteiger partial charge >= 0.3 is 0 Å². The Bertz CT molecular complexity index is 160. The molecule has 0 aromatic rings. The summed E-state index contributed by atoms with van der Waals surface area (Å²) in [5.74, 6) is 0.0971. The normalized spacial score (nSPS) is 38.5. The van der Waals surface area contributed by atoms with Crippen molar-refractivity contribution in [1.29, 1.82) is 0 Å². The van der Waals surface area contributed by atoms with E-state index in [4.69, 9.17) is 17.3 Å². The second kappa shape index (κ2) is 3.44. The van der Waals surface area contributed by atoms with Crippen LogP contribution >= 0.6 is 11.6 Å². The van der Waals surface area contributed by atoms with E-state index in [1.807, 2.05) is 0 Å². The Morgan fingerprint density at radius 1 is 1.55 bits per heavy atom. The van der Waals surface area contributed by atoms with E-state index in [9.17, 15) is 4.79 Å². The van der Waals surface area contributed by atoms with Crippen LogP contribution in [0, 0.1) is 11.8 Å². The Balaban J connectivity index is 2.58. The van der Waals surface area contributed by atoms with E-state index in [1.54, 1.807) is 0 Å². The Kier molecular flexibility index (Phi) is 2.77. The number of halogens is 1. The lowest BCUT2D eigenvalue weighted by Gasteiger charge is -2.29. The predicted octanol–water partition coefficient (Wildman–Crippen LogP) is 1.52. The van der Waals surface area contributed by atoms with Crippen molar-refractivity contribution in [3.8, 4) is 0 Å². The van der Waals surface area contributed by atoms with Gasteiger partial charge in [0.25, 0.3) is 0 Å². The first-order valence-electron chi connectivity index (χ1n) is 4.06. The molecule has 0 saturated heterocycles. The van der Waals surface area contributed by atoms with Gasteiger partial charge in [-0.1, -0.05) is 13.3 Å². The van der Waals surface area contributed by atoms with Gasteiger partial charge in [0.1, 0.15) is 0 Å². The molecule has 64 valence electrons. The maximum Gasteiger partial charge on any atom is 0.222 e. The van der Waals surface area contributed by atoms with Crippen molar-refractivity contribution in [2.45, 2.75) is 31.6 Å². The standard InChI is InChI=1S/C8H14ClNO/c1-5-3-2-4-6(7(5)9)8(10)11/h5-7H,2-4H2,1H3,(H2,10,11)/t5-,6?,7?/m1/s1. The van der Waals surface area contributed by atoms with Gasteiger partial charge < -0.3 is 5.73 Å². The fourth-order valence-corrected chi connectivity index (χ4v) is 2.05. The number of alkyl halides is 1. The zero-order valence-electron chi connectivity index (χ0n) is 6.72. The SMILES string of the molecule is C[C@@H]1CCCC(C(N)=O)C1Cl. The average Bonchev–Trinajstić information content (AvgIpc) is 1.94. The summed E-state index contributed by atoms with van der Waals surface area (Å²) in [6.45, 7) is 2.08. The Labute approximate surface area is 72.1 Å². The molecule has 3 heteroatoms. The molecule has 1 fully saturated rings. The van der Waals surface area contributed by atoms with Crippen molar-refractivity contribution in [1.82, 2.24) is 0 Å². The van der Waals surface area contributed by atoms with Gasteiger partial charge in [-0.2, -0.15) is 0 Å². The van der Waals surface area contributed by atoms with Crippen molar-refractivity contribution < 1.29 is 4.79 Å². The predicted molar refractivity (Wildman–Crippen MR) is 45.3 cm³/mol. The molecule has 2 N–H and O–H groups in total. The lowest BCUT2D eigenvalue weighted by Crippen LogP contribution is -2.36. The first-order valence-corrected chi connectivity index (χ1v) is 4.50. The molecule has 0 aliphatic heterocycles. The van der Waals surface area contributed by atoms with E-state index in [-0.39, 0.29) is 17.2 Å². The van der Waals surface area contributed by atoms with E-state index in [0.717, 1.165) is 19.3 Å². The molecule has 0 aromatic heterocycles. The Morgan fingerprint density at radius 3 is 2.64 bits per heavy atom. The van der Waals surface area contributed by atoms with Crippen LogP contribution in [0.4, 0.5) is 0 Å². The van der Waals surface area contributed by atoms with E-state index >= 15 is 0 Å². The van der Waals surface area contributed by atoms with Crippen molar-refractivity contribution in [2.75, 3.05) is 0 Å². The van der Waals surface area contributed by atoms with Crippen LogP contribution in [0.15, 0.2) is 0 Å². The molecule has 11 heavy (non-hydrogen) atoms. The number of carbonyl (C=O) groups is 1. The van der Waals surface area contributed by atoms with Crippen LogP contribution in [0.5, 0.6) is 0 Å². The fourth-order valence-electron chi connectivity index (χ4n) is 1.67. The lowest BCUT2D eigenvalue weighted by atomic mass is 9.81. The molecule has 1 aliphatic carbocycles. The topological polar surface area (TPSA) is 43.1 Å². The summed E-state index contributed by atoms with van der Waals surface area (Å²) >= 11 is 6.03. The first-order chi connectivity index (χ1) is 5.13. The van der Waals surface area contributed by atoms with E-state index in [2.05, 4.69) is 6.92 Å². The van der Waals surface area contributed by atoms with Crippen LogP contribution in [0.1, 0.15) is 26.2 Å². The number of primary amides is 1. The number of rotatable bonds is 1. The highest BCUT2D eigenvalue weighted by atomic mass is 35.5. The second-order valence-electron chi connectivity index (χ2n) is 3.36. The summed E-state index contributed by atoms with van der Waals surface area (Å²) in [6, 6.07) is 0. The molecule has 2 nitrogen and oxygen atoms in total. The summed E-state index contributed by atoms with van der Waals surface area (Å²) in [5, 5.41) is -0.0405. The van der Waals surface area contributed by atoms with Gasteiger partial charge in [0.05, 0.1) is 5.92 Å². The zero-order valence-corrected chi connectivity index (χ0v) is 7.47. The van der Waals surface area contributed by atoms with Gasteiger partial charge in [-0.15, -0.1) is 11.6 Å². The number of amides is 1. The van der Waals surface area contributed by atoms with Crippen LogP contribution in [-0.2, 0) is 4.79 Å². The van der Waals surface area contributed by atoms with E-state index in [0.29, 0.717) is 5.92 Å². The van der Waals surface area contributed by atoms with Crippen LogP contribution in [0.25, 0.3) is 0 Å². The first kappa shape index (κ1) is 8.85. The fraction of sp³-hybridized carbons (Fsp3) is 0.875. The molecular weight excluding hydrogens is 162 g/mol. The summed E-state index contributed by atoms with van der Waals surface area (Å²) < 4.78 is 0. The van der Waals surface area contributed by atoms with Crippen LogP contribution in [-0.4, -0.2) is 11.3 Å². The van der Waals surface area contributed by atoms with E-state index in [1.165, 1.54) is 0 Å². The van der Waals surface area contributed by atoms with Gasteiger partial charge in [0.2, 0.25) is 5.91 Å². The minimum absolute atomic E-state index is 0.0405. The highest BCUT2D eigenvalue weighted by molar-refractivity contribution is 6.22. The van der Waals surface area contributed by atoms with Gasteiger partial charge in [-0.05, 0) is 18.8 Å². The smallest absolute Gasteiger partial charge is 0.222 e. The van der Waals surface area contributed by atoms with Crippen molar-refractivity contribution >= 4 is 17.5 Å². The Hall–Kier alpha value is -0.240. The van der Waals surface area contributed by atoms with Crippen molar-refractivity contribution in [2.24, 2.45) is 17.6 Å². The number of nitrogens with two attached hydrogens (primary N) is 1. The van der Waals surface area contributed by atoms with Crippen LogP contribution in [0.2, 0.25) is 0 Å². The van der Waals surface area contributed by atoms with Gasteiger partial charge in [-0.3, -0.25) is 4.79 Å². The van der Waals surface area contributed by atoms with Gasteiger partial charge in [0.15, 0.2) is 0 Å². The molecule has 1 aliphatic rings. The summed E-state index contributed by atoms with van der Waals surface area (Å²) in [5.41, 5.74) is 5.20. The highest BCUT2D eigenvalue weighted by Gasteiger charge is 2.32. The maximum atomic E-state index is 10.8. The zero-order chi connectivity index (χ0) is 8.43. The lowest BCUT2D eigenvalue weighted by molar-refractivity contribution is -0.122. The molecule has 1 saturated carbocycles. The molecule has 0 heterocycles. The molecule has 1 amide bonds. The monoisotopic (exact) mass is 175 g/mol. The minimum atomic E-state index is -0.239. The van der Waals surface area contributed by atoms with Crippen molar-refractivity contribution in [3.05, 3.63) is 0 Å². The third kappa shape index (κ3) is 1.86. The van der Waals surface area contributed by atoms with Gasteiger partial charge in [-0.25, -0.2) is 0 Å². The molecule has 0 spiro atoms. The molecule has 2 unspecified atom stereocenters. The van der Waals surface area contributed by atoms with Crippen molar-refractivity contribution in [3.63, 3.8) is 0 Å². The number of carbonyl (C=O) groups excluding carboxylic acids is 1. The second-order valence-corrected chi connectivity index (χ2v) is 3.87. The molecule has 0 bridgehead atoms. The maximum absolute atomic E-state index is 10.8. The quantitative estimate of drug-likeness (QED) is 0.604. The van der Waals surface area contributed by atoms with Crippen LogP contribution in [0.3, 0.4) is 0 Å². The highest BCUT2D eigenvalue weighted by Crippen LogP contribution is 2.32. The third-order valence-electron chi connectivity index (χ3n) is 2.47. The molecule has 0 aromatic carbocycles. The third-order valence-corrected chi connectivity index (χ3v) is 3.20. The average molecular weight is 176 g/mol. The molecule has 3 atom stereocenters. The Morgan fingerprint density at radius 2 is 2.18 bits per heavy atom. The number of hydrogen-bond donors (Lipinski definition) is 1. The summed E-state index contributed by atoms with van der Waals surface area (Å²) in [7, 11) is 0. The van der Waals surface area contributed by atoms with Crippen LogP contribution < -0.4 is 5.73 Å². The minimum Gasteiger partial charge on any atom is -0.369 e. The molecular formula is C8H14ClNO. The van der Waals surface area contributed by atoms with E-state index < -0.39 is 0 Å².